The number of benzene rings is 1. The SMILES string of the molecule is CC(C)N(C)C(=O)COc1ccc2c(c1)[C@@H](O)CCC2. The third kappa shape index (κ3) is 3.31. The first-order valence-corrected chi connectivity index (χ1v) is 7.18. The maximum Gasteiger partial charge on any atom is 0.260 e. The second kappa shape index (κ2) is 6.27. The summed E-state index contributed by atoms with van der Waals surface area (Å²) in [4.78, 5) is 13.5. The van der Waals surface area contributed by atoms with E-state index in [0.29, 0.717) is 5.75 Å². The average Bonchev–Trinajstić information content (AvgIpc) is 2.44. The van der Waals surface area contributed by atoms with Crippen LogP contribution in [-0.2, 0) is 11.2 Å². The van der Waals surface area contributed by atoms with E-state index in [9.17, 15) is 9.90 Å². The van der Waals surface area contributed by atoms with Crippen LogP contribution in [-0.4, -0.2) is 35.6 Å². The fourth-order valence-corrected chi connectivity index (χ4v) is 2.38. The van der Waals surface area contributed by atoms with Crippen LogP contribution >= 0.6 is 0 Å². The molecule has 0 fully saturated rings. The minimum Gasteiger partial charge on any atom is -0.484 e. The second-order valence-electron chi connectivity index (χ2n) is 5.66. The van der Waals surface area contributed by atoms with Crippen molar-refractivity contribution in [1.29, 1.82) is 0 Å². The van der Waals surface area contributed by atoms with E-state index in [4.69, 9.17) is 4.74 Å². The zero-order valence-corrected chi connectivity index (χ0v) is 12.4. The number of hydrogen-bond acceptors (Lipinski definition) is 3. The summed E-state index contributed by atoms with van der Waals surface area (Å²) in [7, 11) is 1.77. The van der Waals surface area contributed by atoms with Gasteiger partial charge in [-0.3, -0.25) is 4.79 Å². The van der Waals surface area contributed by atoms with Crippen molar-refractivity contribution in [1.82, 2.24) is 4.90 Å². The summed E-state index contributed by atoms with van der Waals surface area (Å²) in [5.41, 5.74) is 2.13. The van der Waals surface area contributed by atoms with Gasteiger partial charge in [-0.05, 0) is 56.4 Å². The van der Waals surface area contributed by atoms with E-state index >= 15 is 0 Å². The molecule has 4 nitrogen and oxygen atoms in total. The molecule has 1 aromatic carbocycles. The molecule has 0 bridgehead atoms. The van der Waals surface area contributed by atoms with Gasteiger partial charge in [0.05, 0.1) is 6.10 Å². The van der Waals surface area contributed by atoms with E-state index in [-0.39, 0.29) is 18.6 Å². The first-order chi connectivity index (χ1) is 9.49. The fraction of sp³-hybridized carbons (Fsp3) is 0.562. The fourth-order valence-electron chi connectivity index (χ4n) is 2.38. The van der Waals surface area contributed by atoms with Crippen molar-refractivity contribution < 1.29 is 14.6 Å². The number of carbonyl (C=O) groups excluding carboxylic acids is 1. The number of rotatable bonds is 4. The number of hydrogen-bond donors (Lipinski definition) is 1. The van der Waals surface area contributed by atoms with Gasteiger partial charge in [0.2, 0.25) is 0 Å². The van der Waals surface area contributed by atoms with Gasteiger partial charge < -0.3 is 14.7 Å². The van der Waals surface area contributed by atoms with Crippen molar-refractivity contribution in [2.24, 2.45) is 0 Å². The Balaban J connectivity index is 2.01. The predicted molar refractivity (Wildman–Crippen MR) is 77.7 cm³/mol. The van der Waals surface area contributed by atoms with E-state index in [1.54, 1.807) is 11.9 Å². The molecule has 1 aliphatic rings. The number of aryl methyl sites for hydroxylation is 1. The molecule has 0 aliphatic heterocycles. The molecule has 1 atom stereocenters. The molecule has 20 heavy (non-hydrogen) atoms. The van der Waals surface area contributed by atoms with E-state index in [1.165, 1.54) is 5.56 Å². The Morgan fingerprint density at radius 2 is 2.25 bits per heavy atom. The van der Waals surface area contributed by atoms with E-state index in [2.05, 4.69) is 0 Å². The summed E-state index contributed by atoms with van der Waals surface area (Å²) in [5, 5.41) is 9.99. The average molecular weight is 277 g/mol. The molecule has 1 N–H and O–H groups in total. The molecule has 0 saturated carbocycles. The van der Waals surface area contributed by atoms with Gasteiger partial charge in [0.15, 0.2) is 6.61 Å². The topological polar surface area (TPSA) is 49.8 Å². The molecule has 0 heterocycles. The summed E-state index contributed by atoms with van der Waals surface area (Å²) >= 11 is 0. The highest BCUT2D eigenvalue weighted by Gasteiger charge is 2.19. The Kier molecular flexibility index (Phi) is 4.65. The highest BCUT2D eigenvalue weighted by atomic mass is 16.5. The molecule has 4 heteroatoms. The van der Waals surface area contributed by atoms with Crippen LogP contribution in [0.4, 0.5) is 0 Å². The van der Waals surface area contributed by atoms with Gasteiger partial charge in [0.25, 0.3) is 5.91 Å². The molecule has 0 unspecified atom stereocenters. The standard InChI is InChI=1S/C16H23NO3/c1-11(2)17(3)16(19)10-20-13-8-7-12-5-4-6-15(18)14(12)9-13/h7-9,11,15,18H,4-6,10H2,1-3H3/t15-/m0/s1. The van der Waals surface area contributed by atoms with Gasteiger partial charge in [-0.2, -0.15) is 0 Å². The van der Waals surface area contributed by atoms with Crippen LogP contribution in [0.5, 0.6) is 5.75 Å². The summed E-state index contributed by atoms with van der Waals surface area (Å²) in [5.74, 6) is 0.605. The minimum absolute atomic E-state index is 0.0313. The van der Waals surface area contributed by atoms with Crippen molar-refractivity contribution in [2.75, 3.05) is 13.7 Å². The lowest BCUT2D eigenvalue weighted by Gasteiger charge is -2.23. The van der Waals surface area contributed by atoms with Gasteiger partial charge in [-0.1, -0.05) is 6.07 Å². The number of ether oxygens (including phenoxy) is 1. The Labute approximate surface area is 120 Å². The summed E-state index contributed by atoms with van der Waals surface area (Å²) < 4.78 is 5.55. The largest absolute Gasteiger partial charge is 0.484 e. The first kappa shape index (κ1) is 14.9. The van der Waals surface area contributed by atoms with Crippen LogP contribution in [0.25, 0.3) is 0 Å². The lowest BCUT2D eigenvalue weighted by molar-refractivity contribution is -0.133. The minimum atomic E-state index is -0.406. The van der Waals surface area contributed by atoms with E-state index in [1.807, 2.05) is 32.0 Å². The van der Waals surface area contributed by atoms with E-state index in [0.717, 1.165) is 24.8 Å². The Morgan fingerprint density at radius 3 is 2.95 bits per heavy atom. The van der Waals surface area contributed by atoms with Crippen LogP contribution in [0, 0.1) is 0 Å². The number of amides is 1. The Bertz CT molecular complexity index is 485. The van der Waals surface area contributed by atoms with Crippen molar-refractivity contribution in [2.45, 2.75) is 45.3 Å². The van der Waals surface area contributed by atoms with Gasteiger partial charge in [-0.15, -0.1) is 0 Å². The highest BCUT2D eigenvalue weighted by molar-refractivity contribution is 5.77. The molecule has 1 aliphatic carbocycles. The van der Waals surface area contributed by atoms with Gasteiger partial charge in [0.1, 0.15) is 5.75 Å². The number of fused-ring (bicyclic) bond motifs is 1. The van der Waals surface area contributed by atoms with Gasteiger partial charge in [0, 0.05) is 13.1 Å². The zero-order chi connectivity index (χ0) is 14.7. The molecule has 2 rings (SSSR count). The molecule has 0 saturated heterocycles. The smallest absolute Gasteiger partial charge is 0.260 e. The van der Waals surface area contributed by atoms with Crippen molar-refractivity contribution in [3.8, 4) is 5.75 Å². The molecular formula is C16H23NO3. The van der Waals surface area contributed by atoms with Crippen LogP contribution in [0.1, 0.15) is 43.9 Å². The van der Waals surface area contributed by atoms with E-state index < -0.39 is 6.10 Å². The third-order valence-corrected chi connectivity index (χ3v) is 3.93. The molecule has 0 aromatic heterocycles. The quantitative estimate of drug-likeness (QED) is 0.918. The monoisotopic (exact) mass is 277 g/mol. The van der Waals surface area contributed by atoms with Crippen molar-refractivity contribution in [3.05, 3.63) is 29.3 Å². The third-order valence-electron chi connectivity index (χ3n) is 3.93. The van der Waals surface area contributed by atoms with Crippen LogP contribution < -0.4 is 4.74 Å². The summed E-state index contributed by atoms with van der Waals surface area (Å²) in [6.07, 6.45) is 2.41. The highest BCUT2D eigenvalue weighted by Crippen LogP contribution is 2.32. The molecule has 0 radical (unpaired) electrons. The summed E-state index contributed by atoms with van der Waals surface area (Å²) in [6.45, 7) is 3.96. The second-order valence-corrected chi connectivity index (χ2v) is 5.66. The number of likely N-dealkylation sites (N-methyl/N-ethyl adjacent to an activating group) is 1. The van der Waals surface area contributed by atoms with Crippen molar-refractivity contribution >= 4 is 5.91 Å². The molecule has 1 aromatic rings. The number of nitrogens with zero attached hydrogens (tertiary/aromatic N) is 1. The van der Waals surface area contributed by atoms with Crippen LogP contribution in [0.2, 0.25) is 0 Å². The molecule has 0 spiro atoms. The molecule has 1 amide bonds. The van der Waals surface area contributed by atoms with Crippen LogP contribution in [0.3, 0.4) is 0 Å². The maximum atomic E-state index is 11.9. The van der Waals surface area contributed by atoms with Crippen molar-refractivity contribution in [3.63, 3.8) is 0 Å². The van der Waals surface area contributed by atoms with Gasteiger partial charge in [-0.25, -0.2) is 0 Å². The number of aliphatic hydroxyl groups excluding tert-OH is 1. The lowest BCUT2D eigenvalue weighted by atomic mass is 9.89. The van der Waals surface area contributed by atoms with Gasteiger partial charge >= 0.3 is 0 Å². The zero-order valence-electron chi connectivity index (χ0n) is 12.4. The number of aliphatic hydroxyl groups is 1. The number of carbonyl (C=O) groups is 1. The predicted octanol–water partition coefficient (Wildman–Crippen LogP) is 2.30. The maximum absolute atomic E-state index is 11.9. The Morgan fingerprint density at radius 1 is 1.50 bits per heavy atom. The normalized spacial score (nSPS) is 17.8. The lowest BCUT2D eigenvalue weighted by Crippen LogP contribution is -2.36. The molecular weight excluding hydrogens is 254 g/mol. The molecule has 110 valence electrons. The Hall–Kier alpha value is -1.55. The first-order valence-electron chi connectivity index (χ1n) is 7.18. The summed E-state index contributed by atoms with van der Waals surface area (Å²) in [6, 6.07) is 5.89. The van der Waals surface area contributed by atoms with Crippen LogP contribution in [0.15, 0.2) is 18.2 Å².